The number of H-pyrrole nitrogens is 1. The number of halogens is 3. The molecule has 0 atom stereocenters. The van der Waals surface area contributed by atoms with Gasteiger partial charge < -0.3 is 0 Å². The highest BCUT2D eigenvalue weighted by Gasteiger charge is 2.30. The maximum Gasteiger partial charge on any atom is 0.416 e. The van der Waals surface area contributed by atoms with Crippen LogP contribution in [0.15, 0.2) is 53.5 Å². The van der Waals surface area contributed by atoms with E-state index in [0.29, 0.717) is 12.0 Å². The topological polar surface area (TPSA) is 53.9 Å². The number of nitrogens with one attached hydrogen (secondary N) is 1. The average molecular weight is 344 g/mol. The first-order valence-electron chi connectivity index (χ1n) is 7.56. The number of hydrogen-bond donors (Lipinski definition) is 1. The van der Waals surface area contributed by atoms with Crippen molar-refractivity contribution >= 4 is 6.21 Å². The molecule has 0 amide bonds. The van der Waals surface area contributed by atoms with Crippen molar-refractivity contribution < 1.29 is 13.2 Å². The van der Waals surface area contributed by atoms with E-state index in [-0.39, 0.29) is 0 Å². The molecule has 4 nitrogen and oxygen atoms in total. The lowest BCUT2D eigenvalue weighted by atomic mass is 10.00. The zero-order valence-corrected chi connectivity index (χ0v) is 13.4. The third-order valence-electron chi connectivity index (χ3n) is 3.76. The second-order valence-corrected chi connectivity index (χ2v) is 5.51. The molecule has 128 valence electrons. The van der Waals surface area contributed by atoms with Gasteiger partial charge in [-0.15, -0.1) is 5.10 Å². The summed E-state index contributed by atoms with van der Waals surface area (Å²) >= 11 is 0. The standard InChI is InChI=1S/C18H15F3N4/c1-22-11-17-16(23-25-24-17)9-12-5-7-13(8-6-12)14-3-2-4-15(10-14)18(19,20)21/h2-8,10-11H,9H2,1H3,(H,23,24,25)/b22-11-. The minimum absolute atomic E-state index is 0.529. The van der Waals surface area contributed by atoms with Crippen molar-refractivity contribution in [1.29, 1.82) is 0 Å². The molecule has 3 rings (SSSR count). The van der Waals surface area contributed by atoms with Gasteiger partial charge in [-0.05, 0) is 28.8 Å². The summed E-state index contributed by atoms with van der Waals surface area (Å²) in [7, 11) is 1.66. The van der Waals surface area contributed by atoms with Gasteiger partial charge in [0.05, 0.1) is 17.0 Å². The van der Waals surface area contributed by atoms with Crippen molar-refractivity contribution in [1.82, 2.24) is 15.4 Å². The highest BCUT2D eigenvalue weighted by atomic mass is 19.4. The molecule has 0 saturated carbocycles. The normalized spacial score (nSPS) is 12.0. The zero-order valence-electron chi connectivity index (χ0n) is 13.4. The molecule has 0 aliphatic carbocycles. The summed E-state index contributed by atoms with van der Waals surface area (Å²) in [6.07, 6.45) is -2.15. The van der Waals surface area contributed by atoms with Gasteiger partial charge in [-0.2, -0.15) is 13.2 Å². The van der Waals surface area contributed by atoms with Crippen molar-refractivity contribution in [3.05, 3.63) is 71.0 Å². The van der Waals surface area contributed by atoms with Crippen LogP contribution in [0.25, 0.3) is 11.1 Å². The zero-order chi connectivity index (χ0) is 17.9. The molecule has 25 heavy (non-hydrogen) atoms. The van der Waals surface area contributed by atoms with E-state index in [4.69, 9.17) is 0 Å². The van der Waals surface area contributed by atoms with Gasteiger partial charge in [0, 0.05) is 19.7 Å². The van der Waals surface area contributed by atoms with Crippen LogP contribution in [0, 0.1) is 0 Å². The Hall–Kier alpha value is -2.96. The molecular formula is C18H15F3N4. The Morgan fingerprint density at radius 3 is 2.52 bits per heavy atom. The molecular weight excluding hydrogens is 329 g/mol. The lowest BCUT2D eigenvalue weighted by Gasteiger charge is -2.09. The quantitative estimate of drug-likeness (QED) is 0.724. The predicted molar refractivity (Wildman–Crippen MR) is 89.6 cm³/mol. The monoisotopic (exact) mass is 344 g/mol. The van der Waals surface area contributed by atoms with E-state index in [1.165, 1.54) is 6.07 Å². The van der Waals surface area contributed by atoms with Crippen molar-refractivity contribution in [2.75, 3.05) is 7.05 Å². The molecule has 0 unspecified atom stereocenters. The van der Waals surface area contributed by atoms with Crippen LogP contribution in [-0.4, -0.2) is 28.7 Å². The van der Waals surface area contributed by atoms with Crippen LogP contribution in [0.1, 0.15) is 22.5 Å². The molecule has 0 saturated heterocycles. The van der Waals surface area contributed by atoms with Gasteiger partial charge in [-0.3, -0.25) is 10.1 Å². The highest BCUT2D eigenvalue weighted by molar-refractivity contribution is 5.78. The summed E-state index contributed by atoms with van der Waals surface area (Å²) in [5.41, 5.74) is 3.09. The summed E-state index contributed by atoms with van der Waals surface area (Å²) in [6.45, 7) is 0. The fourth-order valence-electron chi connectivity index (χ4n) is 2.50. The van der Waals surface area contributed by atoms with E-state index in [1.54, 1.807) is 31.5 Å². The first kappa shape index (κ1) is 16.9. The highest BCUT2D eigenvalue weighted by Crippen LogP contribution is 2.32. The van der Waals surface area contributed by atoms with E-state index < -0.39 is 11.7 Å². The maximum atomic E-state index is 12.8. The van der Waals surface area contributed by atoms with E-state index in [2.05, 4.69) is 20.4 Å². The van der Waals surface area contributed by atoms with Crippen molar-refractivity contribution in [3.8, 4) is 11.1 Å². The summed E-state index contributed by atoms with van der Waals surface area (Å²) in [6, 6.07) is 12.7. The molecule has 0 fully saturated rings. The van der Waals surface area contributed by atoms with Crippen LogP contribution in [-0.2, 0) is 12.6 Å². The number of aromatic amines is 1. The number of alkyl halides is 3. The lowest BCUT2D eigenvalue weighted by molar-refractivity contribution is -0.137. The molecule has 3 aromatic rings. The number of benzene rings is 2. The second-order valence-electron chi connectivity index (χ2n) is 5.51. The van der Waals surface area contributed by atoms with Crippen LogP contribution in [0.4, 0.5) is 13.2 Å². The molecule has 0 radical (unpaired) electrons. The van der Waals surface area contributed by atoms with Crippen molar-refractivity contribution in [2.24, 2.45) is 4.99 Å². The molecule has 1 aromatic heterocycles. The Kier molecular flexibility index (Phi) is 4.65. The van der Waals surface area contributed by atoms with E-state index in [9.17, 15) is 13.2 Å². The molecule has 0 spiro atoms. The smallest absolute Gasteiger partial charge is 0.294 e. The van der Waals surface area contributed by atoms with Gasteiger partial charge in [-0.1, -0.05) is 41.6 Å². The van der Waals surface area contributed by atoms with Crippen LogP contribution in [0.5, 0.6) is 0 Å². The van der Waals surface area contributed by atoms with Crippen LogP contribution in [0.2, 0.25) is 0 Å². The van der Waals surface area contributed by atoms with Gasteiger partial charge in [0.1, 0.15) is 0 Å². The van der Waals surface area contributed by atoms with Gasteiger partial charge in [-0.25, -0.2) is 0 Å². The van der Waals surface area contributed by atoms with Crippen LogP contribution < -0.4 is 0 Å². The van der Waals surface area contributed by atoms with E-state index >= 15 is 0 Å². The SMILES string of the molecule is C/N=C\c1[nH]nnc1Cc1ccc(-c2cccc(C(F)(F)F)c2)cc1. The van der Waals surface area contributed by atoms with Crippen LogP contribution in [0.3, 0.4) is 0 Å². The summed E-state index contributed by atoms with van der Waals surface area (Å²) < 4.78 is 38.5. The number of hydrogen-bond acceptors (Lipinski definition) is 3. The van der Waals surface area contributed by atoms with Gasteiger partial charge >= 0.3 is 6.18 Å². The average Bonchev–Trinajstić information content (AvgIpc) is 3.02. The molecule has 0 aliphatic heterocycles. The molecule has 2 aromatic carbocycles. The molecule has 7 heteroatoms. The first-order chi connectivity index (χ1) is 12.0. The molecule has 1 heterocycles. The Morgan fingerprint density at radius 2 is 1.84 bits per heavy atom. The number of nitrogens with zero attached hydrogens (tertiary/aromatic N) is 3. The van der Waals surface area contributed by atoms with Gasteiger partial charge in [0.15, 0.2) is 0 Å². The van der Waals surface area contributed by atoms with Crippen LogP contribution >= 0.6 is 0 Å². The fraction of sp³-hybridized carbons (Fsp3) is 0.167. The number of aromatic nitrogens is 3. The Balaban J connectivity index is 1.82. The number of rotatable bonds is 4. The van der Waals surface area contributed by atoms with Crippen molar-refractivity contribution in [2.45, 2.75) is 12.6 Å². The van der Waals surface area contributed by atoms with Crippen molar-refractivity contribution in [3.63, 3.8) is 0 Å². The summed E-state index contributed by atoms with van der Waals surface area (Å²) in [4.78, 5) is 3.93. The summed E-state index contributed by atoms with van der Waals surface area (Å²) in [5, 5.41) is 10.6. The minimum Gasteiger partial charge on any atom is -0.294 e. The Bertz CT molecular complexity index is 880. The fourth-order valence-corrected chi connectivity index (χ4v) is 2.50. The maximum absolute atomic E-state index is 12.8. The lowest BCUT2D eigenvalue weighted by Crippen LogP contribution is -2.04. The van der Waals surface area contributed by atoms with E-state index in [1.807, 2.05) is 12.1 Å². The minimum atomic E-state index is -4.35. The molecule has 1 N–H and O–H groups in total. The predicted octanol–water partition coefficient (Wildman–Crippen LogP) is 4.13. The van der Waals surface area contributed by atoms with Gasteiger partial charge in [0.2, 0.25) is 0 Å². The molecule has 0 bridgehead atoms. The molecule has 0 aliphatic rings. The third-order valence-corrected chi connectivity index (χ3v) is 3.76. The third kappa shape index (κ3) is 3.93. The first-order valence-corrected chi connectivity index (χ1v) is 7.56. The largest absolute Gasteiger partial charge is 0.416 e. The Morgan fingerprint density at radius 1 is 1.08 bits per heavy atom. The van der Waals surface area contributed by atoms with E-state index in [0.717, 1.165) is 34.6 Å². The second kappa shape index (κ2) is 6.88. The Labute approximate surface area is 142 Å². The van der Waals surface area contributed by atoms with Gasteiger partial charge in [0.25, 0.3) is 0 Å². The summed E-state index contributed by atoms with van der Waals surface area (Å²) in [5.74, 6) is 0. The number of aliphatic imine (C=N–C) groups is 1.